The van der Waals surface area contributed by atoms with Crippen molar-refractivity contribution in [3.63, 3.8) is 0 Å². The Kier molecular flexibility index (Phi) is 19.3. The molecule has 7 aromatic rings. The number of nitrogens with one attached hydrogen (secondary N) is 7. The van der Waals surface area contributed by atoms with Gasteiger partial charge in [-0.1, -0.05) is 63.4 Å². The fourth-order valence-corrected chi connectivity index (χ4v) is 11.6. The summed E-state index contributed by atoms with van der Waals surface area (Å²) in [5.41, 5.74) is 11.7. The standard InChI is InChI=1S/C34H39N5O3.C33H38N6O3.2CH4/c1-34(2,3)42-33(41)38-24-16-13-23(14-17-24)31(40)36-25-8-6-9-26(19-25)37-32-35-20-29(22-11-12-22)30(39-32)28-18-15-21-7-4-5-10-27(21)28;1-33(2,3)42-32(41)38-22-15-13-21(14-16-22)30(40)36-23-7-6-8-24(17-23)37-31-35-18-26(20-11-12-20)29(39-31)27-19-34-28-10-5-4-9-25(27)28;;/h4-5,7,10,13-14,16-18,20,22,25-26H,6,8-9,11-12,15,19H2,1-3H3,(H,36,40)(H,38,41)(H,35,37,39);4-5,9-10,13-16,18-20,23-24,34H,6-8,11-12,17H2,1-3H3,(H,36,40)(H,38,41)(H,35,37,39);2*1H4/t25-,26+;23-,24+;;/m00../s1. The van der Waals surface area contributed by atoms with E-state index in [1.807, 2.05) is 60.0 Å². The first-order valence-electron chi connectivity index (χ1n) is 29.9. The molecule has 0 radical (unpaired) electrons. The molecule has 4 saturated carbocycles. The van der Waals surface area contributed by atoms with Gasteiger partial charge in [0, 0.05) is 98.4 Å². The van der Waals surface area contributed by atoms with Gasteiger partial charge in [-0.2, -0.15) is 0 Å². The summed E-state index contributed by atoms with van der Waals surface area (Å²) in [7, 11) is 0. The normalized spacial score (nSPS) is 18.9. The summed E-state index contributed by atoms with van der Waals surface area (Å²) in [6.07, 6.45) is 20.5. The quantitative estimate of drug-likeness (QED) is 0.0540. The maximum atomic E-state index is 13.0. The summed E-state index contributed by atoms with van der Waals surface area (Å²) in [5, 5.41) is 20.1. The van der Waals surface area contributed by atoms with Crippen molar-refractivity contribution < 1.29 is 28.7 Å². The summed E-state index contributed by atoms with van der Waals surface area (Å²) in [4.78, 5) is 73.0. The smallest absolute Gasteiger partial charge is 0.412 e. The van der Waals surface area contributed by atoms with Crippen LogP contribution in [0.1, 0.15) is 194 Å². The molecule has 7 N–H and O–H groups in total. The molecule has 4 amide bonds. The number of hydrogen-bond donors (Lipinski definition) is 7. The molecular weight excluding hydrogens is 1080 g/mol. The van der Waals surface area contributed by atoms with Gasteiger partial charge in [-0.15, -0.1) is 0 Å². The fraction of sp³-hybridized carbons (Fsp3) is 0.420. The number of aromatic nitrogens is 5. The van der Waals surface area contributed by atoms with Crippen LogP contribution < -0.4 is 31.9 Å². The van der Waals surface area contributed by atoms with E-state index in [4.69, 9.17) is 29.4 Å². The SMILES string of the molecule is C.C.CC(C)(C)OC(=O)Nc1ccc(C(=O)N[C@H]2CCC[C@@H](Nc3ncc(C4CC4)c(-c4c[nH]c5ccccc45)n3)C2)cc1.CC(C)(C)OC(=O)Nc1ccc(C(=O)N[C@H]2CCC[C@@H](Nc3ncc(C4CC4)c(C4=CCc5ccccc54)n3)C2)cc1. The predicted molar refractivity (Wildman–Crippen MR) is 343 cm³/mol. The van der Waals surface area contributed by atoms with Crippen LogP contribution in [0.5, 0.6) is 0 Å². The summed E-state index contributed by atoms with van der Waals surface area (Å²) < 4.78 is 10.6. The minimum atomic E-state index is -0.581. The Morgan fingerprint density at radius 3 is 1.51 bits per heavy atom. The van der Waals surface area contributed by atoms with E-state index < -0.39 is 23.4 Å². The van der Waals surface area contributed by atoms with Gasteiger partial charge in [0.05, 0.1) is 11.4 Å². The number of hydrogen-bond acceptors (Lipinski definition) is 12. The summed E-state index contributed by atoms with van der Waals surface area (Å²) in [6.45, 7) is 10.9. The van der Waals surface area contributed by atoms with Crippen LogP contribution in [0, 0.1) is 0 Å². The van der Waals surface area contributed by atoms with Crippen LogP contribution in [0.25, 0.3) is 27.7 Å². The van der Waals surface area contributed by atoms with E-state index in [0.29, 0.717) is 46.2 Å². The molecule has 0 aliphatic heterocycles. The third kappa shape index (κ3) is 16.0. The lowest BCUT2D eigenvalue weighted by Gasteiger charge is -2.30. The van der Waals surface area contributed by atoms with Gasteiger partial charge in [0.15, 0.2) is 0 Å². The topological polar surface area (TPSA) is 226 Å². The van der Waals surface area contributed by atoms with Crippen molar-refractivity contribution in [2.75, 3.05) is 21.3 Å². The van der Waals surface area contributed by atoms with Crippen LogP contribution in [0.4, 0.5) is 32.9 Å². The Labute approximate surface area is 506 Å². The van der Waals surface area contributed by atoms with Crippen LogP contribution in [0.2, 0.25) is 0 Å². The van der Waals surface area contributed by atoms with Gasteiger partial charge in [0.25, 0.3) is 11.8 Å². The molecule has 17 heteroatoms. The van der Waals surface area contributed by atoms with E-state index >= 15 is 0 Å². The number of anilines is 4. The Morgan fingerprint density at radius 2 is 1.00 bits per heavy atom. The first-order valence-corrected chi connectivity index (χ1v) is 29.9. The van der Waals surface area contributed by atoms with Gasteiger partial charge in [0.2, 0.25) is 11.9 Å². The number of allylic oxidation sites excluding steroid dienone is 1. The summed E-state index contributed by atoms with van der Waals surface area (Å²) in [5.74, 6) is 2.12. The number of carbonyl (C=O) groups is 4. The number of nitrogens with zero attached hydrogens (tertiary/aromatic N) is 4. The molecule has 4 aromatic carbocycles. The van der Waals surface area contributed by atoms with Crippen molar-refractivity contribution in [3.05, 3.63) is 161 Å². The number of amides is 4. The zero-order chi connectivity index (χ0) is 58.5. The number of fused-ring (bicyclic) bond motifs is 2. The van der Waals surface area contributed by atoms with Gasteiger partial charge in [0.1, 0.15) is 11.2 Å². The highest BCUT2D eigenvalue weighted by molar-refractivity contribution is 5.97. The molecule has 4 atom stereocenters. The molecule has 0 bridgehead atoms. The highest BCUT2D eigenvalue weighted by Gasteiger charge is 2.33. The molecule has 5 aliphatic rings. The van der Waals surface area contributed by atoms with Crippen molar-refractivity contribution in [3.8, 4) is 11.3 Å². The fourth-order valence-electron chi connectivity index (χ4n) is 11.6. The lowest BCUT2D eigenvalue weighted by molar-refractivity contribution is 0.0624. The molecule has 86 heavy (non-hydrogen) atoms. The minimum absolute atomic E-state index is 0. The Bertz CT molecular complexity index is 3560. The zero-order valence-corrected chi connectivity index (χ0v) is 48.9. The molecule has 12 rings (SSSR count). The van der Waals surface area contributed by atoms with E-state index in [0.717, 1.165) is 85.6 Å². The molecule has 3 aromatic heterocycles. The van der Waals surface area contributed by atoms with Crippen LogP contribution >= 0.6 is 0 Å². The first kappa shape index (κ1) is 61.9. The van der Waals surface area contributed by atoms with E-state index in [1.54, 1.807) is 48.5 Å². The van der Waals surface area contributed by atoms with Crippen molar-refractivity contribution in [1.29, 1.82) is 0 Å². The van der Waals surface area contributed by atoms with E-state index in [-0.39, 0.29) is 50.8 Å². The Morgan fingerprint density at radius 1 is 0.535 bits per heavy atom. The van der Waals surface area contributed by atoms with Crippen LogP contribution in [-0.4, -0.2) is 84.3 Å². The van der Waals surface area contributed by atoms with Crippen LogP contribution in [0.15, 0.2) is 122 Å². The summed E-state index contributed by atoms with van der Waals surface area (Å²) >= 11 is 0. The monoisotopic (exact) mass is 1160 g/mol. The third-order valence-corrected chi connectivity index (χ3v) is 15.9. The summed E-state index contributed by atoms with van der Waals surface area (Å²) in [6, 6.07) is 31.0. The van der Waals surface area contributed by atoms with Crippen molar-refractivity contribution >= 4 is 63.7 Å². The largest absolute Gasteiger partial charge is 0.444 e. The number of ether oxygens (including phenoxy) is 2. The Balaban J connectivity index is 0.000000201. The van der Waals surface area contributed by atoms with E-state index in [9.17, 15) is 19.2 Å². The average molecular weight is 1160 g/mol. The number of aromatic amines is 1. The van der Waals surface area contributed by atoms with Crippen molar-refractivity contribution in [2.45, 2.75) is 187 Å². The van der Waals surface area contributed by atoms with Crippen molar-refractivity contribution in [1.82, 2.24) is 35.6 Å². The second-order valence-electron chi connectivity index (χ2n) is 25.0. The maximum absolute atomic E-state index is 13.0. The Hall–Kier alpha value is -8.60. The molecule has 17 nitrogen and oxygen atoms in total. The number of rotatable bonds is 14. The van der Waals surface area contributed by atoms with Gasteiger partial charge >= 0.3 is 12.2 Å². The molecule has 3 heterocycles. The van der Waals surface area contributed by atoms with Crippen LogP contribution in [0.3, 0.4) is 0 Å². The van der Waals surface area contributed by atoms with Gasteiger partial charge in [-0.3, -0.25) is 20.2 Å². The van der Waals surface area contributed by atoms with Gasteiger partial charge in [-0.25, -0.2) is 29.5 Å². The van der Waals surface area contributed by atoms with E-state index in [1.165, 1.54) is 53.5 Å². The molecule has 0 saturated heterocycles. The lowest BCUT2D eigenvalue weighted by Crippen LogP contribution is -2.42. The molecule has 0 unspecified atom stereocenters. The number of carbonyl (C=O) groups excluding carboxylic acids is 4. The maximum Gasteiger partial charge on any atom is 0.412 e. The highest BCUT2D eigenvalue weighted by atomic mass is 16.6. The molecule has 0 spiro atoms. The predicted octanol–water partition coefficient (Wildman–Crippen LogP) is 15.1. The molecule has 452 valence electrons. The molecule has 4 fully saturated rings. The zero-order valence-electron chi connectivity index (χ0n) is 48.9. The number of H-pyrrole nitrogens is 1. The van der Waals surface area contributed by atoms with Gasteiger partial charge < -0.3 is 35.7 Å². The van der Waals surface area contributed by atoms with E-state index in [2.05, 4.69) is 91.6 Å². The molecular formula is C69H85N11O6. The second-order valence-corrected chi connectivity index (χ2v) is 25.0. The second kappa shape index (κ2) is 26.8. The molecule has 5 aliphatic carbocycles. The number of para-hydroxylation sites is 1. The minimum Gasteiger partial charge on any atom is -0.444 e. The van der Waals surface area contributed by atoms with Gasteiger partial charge in [-0.05, 0) is 203 Å². The third-order valence-electron chi connectivity index (χ3n) is 15.9. The highest BCUT2D eigenvalue weighted by Crippen LogP contribution is 2.46. The number of benzene rings is 4. The van der Waals surface area contributed by atoms with Crippen molar-refractivity contribution in [2.24, 2.45) is 0 Å². The average Bonchev–Trinajstić information content (AvgIpc) is 2.49. The first-order chi connectivity index (χ1) is 40.4. The van der Waals surface area contributed by atoms with Crippen LogP contribution in [-0.2, 0) is 15.9 Å². The lowest BCUT2D eigenvalue weighted by atomic mass is 9.91.